The van der Waals surface area contributed by atoms with Crippen LogP contribution in [0.5, 0.6) is 5.88 Å². The molecule has 1 saturated heterocycles. The van der Waals surface area contributed by atoms with Crippen molar-refractivity contribution in [1.29, 1.82) is 0 Å². The second kappa shape index (κ2) is 4.86. The highest BCUT2D eigenvalue weighted by atomic mass is 16.7. The van der Waals surface area contributed by atoms with Crippen LogP contribution in [0.2, 0.25) is 0 Å². The molecule has 108 valence electrons. The van der Waals surface area contributed by atoms with E-state index >= 15 is 0 Å². The van der Waals surface area contributed by atoms with Crippen LogP contribution in [0.4, 0.5) is 0 Å². The molecule has 0 N–H and O–H groups in total. The number of methoxy groups -OCH3 is 1. The molecule has 0 amide bonds. The summed E-state index contributed by atoms with van der Waals surface area (Å²) >= 11 is 0. The lowest BCUT2D eigenvalue weighted by Crippen LogP contribution is -2.41. The van der Waals surface area contributed by atoms with E-state index in [1.54, 1.807) is 12.1 Å². The minimum atomic E-state index is -0.532. The number of rotatable bonds is 3. The van der Waals surface area contributed by atoms with E-state index in [0.717, 1.165) is 5.46 Å². The van der Waals surface area contributed by atoms with Crippen LogP contribution in [0.1, 0.15) is 45.1 Å². The first-order valence-corrected chi connectivity index (χ1v) is 6.59. The summed E-state index contributed by atoms with van der Waals surface area (Å²) in [6.45, 7) is 9.40. The minimum Gasteiger partial charge on any atom is -0.481 e. The SMILES string of the molecule is COc1cc(B2OC(C)(C)C(C)(C)O2)cc(C(C)=O)n1. The number of carbonyl (C=O) groups is 1. The van der Waals surface area contributed by atoms with E-state index in [0.29, 0.717) is 11.6 Å². The minimum absolute atomic E-state index is 0.123. The highest BCUT2D eigenvalue weighted by molar-refractivity contribution is 6.62. The molecule has 0 unspecified atom stereocenters. The Bertz CT molecular complexity index is 526. The van der Waals surface area contributed by atoms with Gasteiger partial charge in [0.1, 0.15) is 5.69 Å². The van der Waals surface area contributed by atoms with Gasteiger partial charge in [0, 0.05) is 13.0 Å². The molecule has 0 aromatic carbocycles. The third-order valence-electron chi connectivity index (χ3n) is 3.92. The van der Waals surface area contributed by atoms with Crippen molar-refractivity contribution in [3.05, 3.63) is 17.8 Å². The zero-order valence-corrected chi connectivity index (χ0v) is 12.8. The zero-order valence-electron chi connectivity index (χ0n) is 12.8. The van der Waals surface area contributed by atoms with Crippen molar-refractivity contribution >= 4 is 18.4 Å². The Morgan fingerprint density at radius 2 is 1.75 bits per heavy atom. The van der Waals surface area contributed by atoms with Gasteiger partial charge >= 0.3 is 7.12 Å². The predicted octanol–water partition coefficient (Wildman–Crippen LogP) is 1.59. The van der Waals surface area contributed by atoms with Crippen LogP contribution in [-0.4, -0.2) is 36.2 Å². The van der Waals surface area contributed by atoms with Crippen LogP contribution in [0.25, 0.3) is 0 Å². The maximum absolute atomic E-state index is 11.5. The Labute approximate surface area is 119 Å². The number of aromatic nitrogens is 1. The van der Waals surface area contributed by atoms with Crippen LogP contribution < -0.4 is 10.2 Å². The summed E-state index contributed by atoms with van der Waals surface area (Å²) in [6.07, 6.45) is 0. The van der Waals surface area contributed by atoms with E-state index in [4.69, 9.17) is 14.0 Å². The van der Waals surface area contributed by atoms with Gasteiger partial charge in [0.25, 0.3) is 0 Å². The van der Waals surface area contributed by atoms with Gasteiger partial charge in [-0.05, 0) is 39.2 Å². The Balaban J connectivity index is 2.39. The second-order valence-electron chi connectivity index (χ2n) is 5.97. The van der Waals surface area contributed by atoms with Crippen molar-refractivity contribution in [2.24, 2.45) is 0 Å². The largest absolute Gasteiger partial charge is 0.495 e. The van der Waals surface area contributed by atoms with Crippen LogP contribution in [-0.2, 0) is 9.31 Å². The summed E-state index contributed by atoms with van der Waals surface area (Å²) in [6, 6.07) is 3.42. The van der Waals surface area contributed by atoms with Crippen LogP contribution in [0, 0.1) is 0 Å². The van der Waals surface area contributed by atoms with Crippen molar-refractivity contribution in [1.82, 2.24) is 4.98 Å². The summed E-state index contributed by atoms with van der Waals surface area (Å²) in [5.74, 6) is 0.254. The highest BCUT2D eigenvalue weighted by Crippen LogP contribution is 2.36. The lowest BCUT2D eigenvalue weighted by Gasteiger charge is -2.32. The van der Waals surface area contributed by atoms with E-state index in [1.165, 1.54) is 14.0 Å². The Morgan fingerprint density at radius 3 is 2.20 bits per heavy atom. The van der Waals surface area contributed by atoms with E-state index < -0.39 is 18.3 Å². The number of hydrogen-bond donors (Lipinski definition) is 0. The molecule has 0 saturated carbocycles. The van der Waals surface area contributed by atoms with Crippen LogP contribution in [0.3, 0.4) is 0 Å². The average molecular weight is 277 g/mol. The molecule has 1 aromatic heterocycles. The van der Waals surface area contributed by atoms with Gasteiger partial charge in [-0.1, -0.05) is 0 Å². The third-order valence-corrected chi connectivity index (χ3v) is 3.92. The number of ether oxygens (including phenoxy) is 1. The molecule has 1 fully saturated rings. The Hall–Kier alpha value is -1.40. The van der Waals surface area contributed by atoms with Crippen LogP contribution >= 0.6 is 0 Å². The van der Waals surface area contributed by atoms with Crippen molar-refractivity contribution in [3.63, 3.8) is 0 Å². The number of nitrogens with zero attached hydrogens (tertiary/aromatic N) is 1. The molecular formula is C14H20BNO4. The van der Waals surface area contributed by atoms with Gasteiger partial charge < -0.3 is 14.0 Å². The van der Waals surface area contributed by atoms with Gasteiger partial charge in [-0.2, -0.15) is 0 Å². The normalized spacial score (nSPS) is 20.0. The quantitative estimate of drug-likeness (QED) is 0.620. The molecule has 1 aliphatic heterocycles. The molecular weight excluding hydrogens is 257 g/mol. The van der Waals surface area contributed by atoms with Crippen molar-refractivity contribution < 1.29 is 18.8 Å². The first-order valence-electron chi connectivity index (χ1n) is 6.59. The smallest absolute Gasteiger partial charge is 0.481 e. The van der Waals surface area contributed by atoms with E-state index in [1.807, 2.05) is 27.7 Å². The van der Waals surface area contributed by atoms with Gasteiger partial charge in [0.15, 0.2) is 5.78 Å². The summed E-state index contributed by atoms with van der Waals surface area (Å²) in [5, 5.41) is 0. The molecule has 0 aliphatic carbocycles. The van der Waals surface area contributed by atoms with Crippen molar-refractivity contribution in [2.75, 3.05) is 7.11 Å². The maximum Gasteiger partial charge on any atom is 0.495 e. The second-order valence-corrected chi connectivity index (χ2v) is 5.97. The first-order chi connectivity index (χ1) is 9.16. The standard InChI is InChI=1S/C14H20BNO4/c1-9(17)11-7-10(8-12(16-11)18-6)15-19-13(2,3)14(4,5)20-15/h7-8H,1-6H3. The molecule has 2 heterocycles. The number of pyridine rings is 1. The molecule has 1 aromatic rings. The molecule has 0 atom stereocenters. The molecule has 0 bridgehead atoms. The summed E-state index contributed by atoms with van der Waals surface area (Å²) in [4.78, 5) is 15.6. The molecule has 20 heavy (non-hydrogen) atoms. The third kappa shape index (κ3) is 2.58. The Morgan fingerprint density at radius 1 is 1.20 bits per heavy atom. The maximum atomic E-state index is 11.5. The van der Waals surface area contributed by atoms with Crippen LogP contribution in [0.15, 0.2) is 12.1 Å². The van der Waals surface area contributed by atoms with Crippen molar-refractivity contribution in [2.45, 2.75) is 45.8 Å². The van der Waals surface area contributed by atoms with E-state index in [9.17, 15) is 4.79 Å². The van der Waals surface area contributed by atoms with Gasteiger partial charge in [-0.3, -0.25) is 4.79 Å². The number of hydrogen-bond acceptors (Lipinski definition) is 5. The predicted molar refractivity (Wildman–Crippen MR) is 76.5 cm³/mol. The van der Waals surface area contributed by atoms with Gasteiger partial charge in [-0.25, -0.2) is 4.98 Å². The Kier molecular flexibility index (Phi) is 3.65. The van der Waals surface area contributed by atoms with E-state index in [-0.39, 0.29) is 5.78 Å². The molecule has 2 rings (SSSR count). The summed E-state index contributed by atoms with van der Waals surface area (Å²) < 4.78 is 17.1. The monoisotopic (exact) mass is 277 g/mol. The fourth-order valence-corrected chi connectivity index (χ4v) is 1.93. The summed E-state index contributed by atoms with van der Waals surface area (Å²) in [5.41, 5.74) is 0.226. The molecule has 0 radical (unpaired) electrons. The van der Waals surface area contributed by atoms with E-state index in [2.05, 4.69) is 4.98 Å². The lowest BCUT2D eigenvalue weighted by atomic mass is 9.79. The molecule has 0 spiro atoms. The molecule has 5 nitrogen and oxygen atoms in total. The van der Waals surface area contributed by atoms with Crippen molar-refractivity contribution in [3.8, 4) is 5.88 Å². The fourth-order valence-electron chi connectivity index (χ4n) is 1.93. The number of carbonyl (C=O) groups excluding carboxylic acids is 1. The number of Topliss-reactive ketones (excluding diaryl/α,β-unsaturated/α-hetero) is 1. The zero-order chi connectivity index (χ0) is 15.1. The fraction of sp³-hybridized carbons (Fsp3) is 0.571. The lowest BCUT2D eigenvalue weighted by molar-refractivity contribution is 0.00578. The first kappa shape index (κ1) is 15.0. The molecule has 1 aliphatic rings. The molecule has 6 heteroatoms. The van der Waals surface area contributed by atoms with Gasteiger partial charge in [0.05, 0.1) is 18.3 Å². The topological polar surface area (TPSA) is 57.7 Å². The van der Waals surface area contributed by atoms with Gasteiger partial charge in [-0.15, -0.1) is 0 Å². The average Bonchev–Trinajstić information content (AvgIpc) is 2.58. The van der Waals surface area contributed by atoms with Gasteiger partial charge in [0.2, 0.25) is 5.88 Å². The summed E-state index contributed by atoms with van der Waals surface area (Å²) in [7, 11) is 0.982. The number of ketones is 1. The highest BCUT2D eigenvalue weighted by Gasteiger charge is 2.51.